The van der Waals surface area contributed by atoms with Crippen LogP contribution in [0.25, 0.3) is 33.0 Å². The molecular formula is C54H36O. The van der Waals surface area contributed by atoms with E-state index in [0.717, 1.165) is 28.2 Å². The zero-order valence-electron chi connectivity index (χ0n) is 30.2. The second-order valence-corrected chi connectivity index (χ2v) is 14.7. The van der Waals surface area contributed by atoms with Crippen LogP contribution in [-0.4, -0.2) is 0 Å². The highest BCUT2D eigenvalue weighted by molar-refractivity contribution is 5.97. The van der Waals surface area contributed by atoms with Crippen molar-refractivity contribution in [1.82, 2.24) is 0 Å². The van der Waals surface area contributed by atoms with Crippen molar-refractivity contribution in [3.05, 3.63) is 263 Å². The smallest absolute Gasteiger partial charge is 0.132 e. The van der Waals surface area contributed by atoms with Gasteiger partial charge in [0.15, 0.2) is 0 Å². The predicted octanol–water partition coefficient (Wildman–Crippen LogP) is 13.4. The van der Waals surface area contributed by atoms with Crippen molar-refractivity contribution >= 4 is 10.8 Å². The van der Waals surface area contributed by atoms with Gasteiger partial charge in [-0.3, -0.25) is 0 Å². The fourth-order valence-electron chi connectivity index (χ4n) is 9.85. The Morgan fingerprint density at radius 2 is 0.745 bits per heavy atom. The lowest BCUT2D eigenvalue weighted by Gasteiger charge is -2.41. The molecule has 9 aromatic rings. The van der Waals surface area contributed by atoms with Gasteiger partial charge in [-0.05, 0) is 90.7 Å². The molecule has 0 saturated heterocycles. The molecule has 1 aliphatic carbocycles. The fraction of sp³-hybridized carbons (Fsp3) is 0.0370. The summed E-state index contributed by atoms with van der Waals surface area (Å²) in [5.41, 5.74) is 13.5. The van der Waals surface area contributed by atoms with E-state index in [1.54, 1.807) is 0 Å². The Morgan fingerprint density at radius 1 is 0.273 bits per heavy atom. The predicted molar refractivity (Wildman–Crippen MR) is 225 cm³/mol. The van der Waals surface area contributed by atoms with E-state index in [-0.39, 0.29) is 0 Å². The number of fused-ring (bicyclic) bond motifs is 6. The minimum atomic E-state index is -0.569. The van der Waals surface area contributed by atoms with E-state index in [9.17, 15) is 0 Å². The molecule has 258 valence electrons. The maximum absolute atomic E-state index is 6.97. The van der Waals surface area contributed by atoms with Crippen LogP contribution >= 0.6 is 0 Å². The summed E-state index contributed by atoms with van der Waals surface area (Å²) in [4.78, 5) is 0. The zero-order valence-corrected chi connectivity index (χ0v) is 30.2. The van der Waals surface area contributed by atoms with Crippen LogP contribution in [0.2, 0.25) is 0 Å². The minimum Gasteiger partial charge on any atom is -0.457 e. The van der Waals surface area contributed by atoms with Gasteiger partial charge in [0.25, 0.3) is 0 Å². The number of ether oxygens (including phenoxy) is 1. The summed E-state index contributed by atoms with van der Waals surface area (Å²) in [6.45, 7) is 0. The van der Waals surface area contributed by atoms with Gasteiger partial charge >= 0.3 is 0 Å². The average molecular weight is 701 g/mol. The second-order valence-electron chi connectivity index (χ2n) is 14.7. The van der Waals surface area contributed by atoms with Gasteiger partial charge in [0.1, 0.15) is 11.5 Å². The molecule has 0 bridgehead atoms. The maximum atomic E-state index is 6.97. The summed E-state index contributed by atoms with van der Waals surface area (Å²) in [5.74, 6) is 1.74. The first-order chi connectivity index (χ1) is 27.3. The summed E-state index contributed by atoms with van der Waals surface area (Å²) in [7, 11) is 0. The van der Waals surface area contributed by atoms with Crippen molar-refractivity contribution in [3.8, 4) is 33.8 Å². The molecule has 1 aliphatic heterocycles. The summed E-state index contributed by atoms with van der Waals surface area (Å²) >= 11 is 0. The highest BCUT2D eigenvalue weighted by Crippen LogP contribution is 2.60. The molecule has 1 heterocycles. The van der Waals surface area contributed by atoms with Crippen molar-refractivity contribution < 1.29 is 4.74 Å². The van der Waals surface area contributed by atoms with Crippen LogP contribution in [-0.2, 0) is 10.8 Å². The van der Waals surface area contributed by atoms with Gasteiger partial charge < -0.3 is 4.74 Å². The molecule has 0 radical (unpaired) electrons. The first-order valence-corrected chi connectivity index (χ1v) is 19.1. The number of rotatable bonds is 5. The molecular weight excluding hydrogens is 665 g/mol. The summed E-state index contributed by atoms with van der Waals surface area (Å²) in [6, 6.07) is 79.9. The highest BCUT2D eigenvalue weighted by atomic mass is 16.5. The van der Waals surface area contributed by atoms with E-state index >= 15 is 0 Å². The third kappa shape index (κ3) is 4.47. The molecule has 1 nitrogen and oxygen atoms in total. The van der Waals surface area contributed by atoms with Crippen molar-refractivity contribution in [3.63, 3.8) is 0 Å². The van der Waals surface area contributed by atoms with Gasteiger partial charge in [0.2, 0.25) is 0 Å². The zero-order chi connectivity index (χ0) is 36.4. The average Bonchev–Trinajstić information content (AvgIpc) is 3.55. The SMILES string of the molecule is c1ccc(C2(c3ccccc3)c3ccccc3Oc3cc(-c4ccccc4C4(c5ccccc5)c5ccccc5-c5cc6ccccc6cc54)ccc32)cc1. The lowest BCUT2D eigenvalue weighted by atomic mass is 9.63. The molecule has 55 heavy (non-hydrogen) atoms. The van der Waals surface area contributed by atoms with E-state index in [2.05, 4.69) is 218 Å². The van der Waals surface area contributed by atoms with Crippen molar-refractivity contribution in [2.75, 3.05) is 0 Å². The van der Waals surface area contributed by atoms with Crippen LogP contribution in [0.3, 0.4) is 0 Å². The van der Waals surface area contributed by atoms with Gasteiger partial charge in [-0.1, -0.05) is 194 Å². The Balaban J connectivity index is 1.20. The molecule has 11 rings (SSSR count). The topological polar surface area (TPSA) is 9.23 Å². The Morgan fingerprint density at radius 3 is 1.40 bits per heavy atom. The van der Waals surface area contributed by atoms with Crippen LogP contribution in [0.1, 0.15) is 44.5 Å². The fourth-order valence-corrected chi connectivity index (χ4v) is 9.85. The second kappa shape index (κ2) is 12.3. The van der Waals surface area contributed by atoms with E-state index in [1.807, 2.05) is 0 Å². The van der Waals surface area contributed by atoms with E-state index in [1.165, 1.54) is 60.8 Å². The number of hydrogen-bond acceptors (Lipinski definition) is 1. The summed E-state index contributed by atoms with van der Waals surface area (Å²) < 4.78 is 6.97. The normalized spacial score (nSPS) is 16.0. The maximum Gasteiger partial charge on any atom is 0.132 e. The number of hydrogen-bond donors (Lipinski definition) is 0. The van der Waals surface area contributed by atoms with Gasteiger partial charge in [0.05, 0.1) is 10.8 Å². The van der Waals surface area contributed by atoms with Crippen LogP contribution in [0.15, 0.2) is 218 Å². The highest BCUT2D eigenvalue weighted by Gasteiger charge is 2.48. The van der Waals surface area contributed by atoms with Crippen molar-refractivity contribution in [1.29, 1.82) is 0 Å². The molecule has 9 aromatic carbocycles. The quantitative estimate of drug-likeness (QED) is 0.174. The number of benzene rings is 9. The monoisotopic (exact) mass is 700 g/mol. The van der Waals surface area contributed by atoms with Crippen LogP contribution < -0.4 is 4.74 Å². The van der Waals surface area contributed by atoms with E-state index in [4.69, 9.17) is 4.74 Å². The molecule has 1 unspecified atom stereocenters. The molecule has 0 amide bonds. The van der Waals surface area contributed by atoms with Gasteiger partial charge in [-0.25, -0.2) is 0 Å². The van der Waals surface area contributed by atoms with Gasteiger partial charge in [-0.15, -0.1) is 0 Å². The Labute approximate surface area is 321 Å². The largest absolute Gasteiger partial charge is 0.457 e. The standard InChI is InChI=1S/C54H36O/c1-4-20-40(21-5-1)53(41-22-6-2-7-23-41)48-30-16-17-31-51(48)55-52-36-39(32-33-49(52)53)43-26-12-14-28-46(43)54(42-24-8-3-9-25-42)47-29-15-13-27-44(47)45-34-37-18-10-11-19-38(37)35-50(45)54/h1-36H. The van der Waals surface area contributed by atoms with E-state index in [0.29, 0.717) is 0 Å². The Hall–Kier alpha value is -6.96. The van der Waals surface area contributed by atoms with Crippen molar-refractivity contribution in [2.45, 2.75) is 10.8 Å². The summed E-state index contributed by atoms with van der Waals surface area (Å²) in [6.07, 6.45) is 0. The van der Waals surface area contributed by atoms with Gasteiger partial charge in [-0.2, -0.15) is 0 Å². The molecule has 2 aliphatic rings. The molecule has 1 heteroatoms. The molecule has 0 saturated carbocycles. The Bertz CT molecular complexity index is 2850. The van der Waals surface area contributed by atoms with Crippen LogP contribution in [0.5, 0.6) is 11.5 Å². The molecule has 0 aromatic heterocycles. The van der Waals surface area contributed by atoms with Gasteiger partial charge in [0, 0.05) is 11.1 Å². The third-order valence-corrected chi connectivity index (χ3v) is 12.1. The van der Waals surface area contributed by atoms with E-state index < -0.39 is 10.8 Å². The van der Waals surface area contributed by atoms with Crippen LogP contribution in [0, 0.1) is 0 Å². The lowest BCUT2D eigenvalue weighted by Crippen LogP contribution is -2.34. The summed E-state index contributed by atoms with van der Waals surface area (Å²) in [5, 5.41) is 2.49. The molecule has 1 atom stereocenters. The third-order valence-electron chi connectivity index (χ3n) is 12.1. The molecule has 0 N–H and O–H groups in total. The first kappa shape index (κ1) is 31.6. The lowest BCUT2D eigenvalue weighted by molar-refractivity contribution is 0.434. The first-order valence-electron chi connectivity index (χ1n) is 19.1. The number of para-hydroxylation sites is 1. The molecule has 0 spiro atoms. The van der Waals surface area contributed by atoms with Crippen LogP contribution in [0.4, 0.5) is 0 Å². The minimum absolute atomic E-state index is 0.561. The van der Waals surface area contributed by atoms with Crippen molar-refractivity contribution in [2.24, 2.45) is 0 Å². The Kier molecular flexibility index (Phi) is 7.06. The molecule has 0 fully saturated rings.